The summed E-state index contributed by atoms with van der Waals surface area (Å²) in [5, 5.41) is 8.47. The second kappa shape index (κ2) is 58.6. The van der Waals surface area contributed by atoms with Crippen LogP contribution < -0.4 is 63.8 Å². The predicted molar refractivity (Wildman–Crippen MR) is 423 cm³/mol. The van der Waals surface area contributed by atoms with Gasteiger partial charge < -0.3 is 63.7 Å². The summed E-state index contributed by atoms with van der Waals surface area (Å²) in [7, 11) is 10.9. The molecule has 0 aliphatic heterocycles. The molecular formula is C86H125ClKMgNO17. The third kappa shape index (κ3) is 44.8. The van der Waals surface area contributed by atoms with Crippen molar-refractivity contribution in [3.63, 3.8) is 0 Å². The van der Waals surface area contributed by atoms with Gasteiger partial charge in [0.15, 0.2) is 23.4 Å². The molecule has 0 spiro atoms. The van der Waals surface area contributed by atoms with E-state index in [-0.39, 0.29) is 144 Å². The number of rotatable bonds is 25. The topological polar surface area (TPSA) is 262 Å². The molecule has 1 atom stereocenters. The van der Waals surface area contributed by atoms with Crippen LogP contribution in [-0.4, -0.2) is 149 Å². The normalized spacial score (nSPS) is 17.0. The second-order valence-corrected chi connectivity index (χ2v) is 28.4. The van der Waals surface area contributed by atoms with Gasteiger partial charge in [0.25, 0.3) is 0 Å². The molecule has 4 aliphatic carbocycles. The van der Waals surface area contributed by atoms with Crippen molar-refractivity contribution in [2.75, 3.05) is 56.8 Å². The number of carbonyl (C=O) groups excluding carboxylic acids is 8. The van der Waals surface area contributed by atoms with Crippen LogP contribution in [0.5, 0.6) is 0 Å². The molecule has 0 fully saturated rings. The minimum atomic E-state index is -1.14. The first-order chi connectivity index (χ1) is 47.7. The summed E-state index contributed by atoms with van der Waals surface area (Å²) in [6.07, 6.45) is 55.8. The van der Waals surface area contributed by atoms with Crippen molar-refractivity contribution in [3.05, 3.63) is 209 Å². The largest absolute Gasteiger partial charge is 2.00 e. The number of ether oxygens (including phenoxy) is 6. The van der Waals surface area contributed by atoms with Crippen LogP contribution in [0.25, 0.3) is 0 Å². The summed E-state index contributed by atoms with van der Waals surface area (Å²) < 4.78 is 27.2. The Kier molecular flexibility index (Phi) is 61.1. The zero-order valence-corrected chi connectivity index (χ0v) is 74.4. The molecule has 0 aromatic carbocycles. The van der Waals surface area contributed by atoms with Crippen molar-refractivity contribution in [2.45, 2.75) is 181 Å². The van der Waals surface area contributed by atoms with Gasteiger partial charge in [-0.25, -0.2) is 14.4 Å². The standard InChI is InChI=1S/C22H32O4.C21H28O5.C19H26O2.C13H20O.C10H15NO4.CH3.ClH.K.Mg.H2O/c1-16(13-14-19-17(2)11-9-15-22(19,3)4)10-7-8-12-18(20(23)25-5)21(24)26-6;1-15-9-8-14-21(2,3)18(15)13-12-16(22)10-6-7-11-17(19(23)25-4)20(24)26-5;1-15(9-6-5-7-11-18(20)21)12-13-17-16(2)10-8-14-19(17,3)4;1-10-6-5-9-13(3,4)12(10)8-7-11(2)14;1-11(2)7-5-6-8(9(12)14-3)10(13)15-4;;;;;/h7-8,10,12-14,16,18H,9,11,15H2,1-6H3;6-7,10-13,17H,8-9,14H2,1-5H3;5-7,9,11-13H,8,10,14H2,1-4H3,(H,20,21);7-8H,5-6,9H2,1-4H3;5-7H,1-4H3;1H3;1H;;;1H2/q;;;;;-1;;+1;+2;/p-2/b10-7+,12-8+,14-13+;10-6+,11-7+,13-12+;6-5+,11-7+,13-12+,15-9+;8-7+;7-5+;;;;;. The summed E-state index contributed by atoms with van der Waals surface area (Å²) >= 11 is 0. The fourth-order valence-corrected chi connectivity index (χ4v) is 12.0. The Balaban J connectivity index is -0.000000300. The molecule has 107 heavy (non-hydrogen) atoms. The minimum absolute atomic E-state index is 0. The number of hydrogen-bond acceptors (Lipinski definition) is 17. The third-order valence-electron chi connectivity index (χ3n) is 17.8. The molecule has 0 heterocycles. The monoisotopic (exact) mass is 1540 g/mol. The van der Waals surface area contributed by atoms with E-state index in [9.17, 15) is 43.2 Å². The number of carbonyl (C=O) groups is 9. The molecule has 4 rings (SSSR count). The van der Waals surface area contributed by atoms with E-state index in [0.29, 0.717) is 0 Å². The van der Waals surface area contributed by atoms with Gasteiger partial charge in [-0.3, -0.25) is 28.8 Å². The second-order valence-electron chi connectivity index (χ2n) is 28.4. The van der Waals surface area contributed by atoms with Crippen molar-refractivity contribution in [1.29, 1.82) is 0 Å². The fourth-order valence-electron chi connectivity index (χ4n) is 12.0. The maximum absolute atomic E-state index is 12.0. The van der Waals surface area contributed by atoms with Gasteiger partial charge in [-0.05, 0) is 205 Å². The average Bonchev–Trinajstić information content (AvgIpc) is 0.840. The Morgan fingerprint density at radius 3 is 1.11 bits per heavy atom. The first-order valence-corrected chi connectivity index (χ1v) is 34.8. The maximum atomic E-state index is 12.0. The number of nitrogens with zero attached hydrogens (tertiary/aromatic N) is 1. The van der Waals surface area contributed by atoms with Gasteiger partial charge in [0.1, 0.15) is 5.57 Å². The van der Waals surface area contributed by atoms with E-state index >= 15 is 0 Å². The van der Waals surface area contributed by atoms with Crippen LogP contribution in [-0.2, 0) is 71.6 Å². The van der Waals surface area contributed by atoms with Crippen LogP contribution in [0.2, 0.25) is 0 Å². The van der Waals surface area contributed by atoms with Gasteiger partial charge in [-0.15, -0.1) is 0 Å². The van der Waals surface area contributed by atoms with Gasteiger partial charge in [0.05, 0.1) is 42.7 Å². The molecular weight excluding hydrogens is 1420 g/mol. The predicted octanol–water partition coefficient (Wildman–Crippen LogP) is 11.6. The summed E-state index contributed by atoms with van der Waals surface area (Å²) in [6.45, 7) is 32.6. The van der Waals surface area contributed by atoms with Gasteiger partial charge >= 0.3 is 116 Å². The Morgan fingerprint density at radius 1 is 0.439 bits per heavy atom. The molecule has 0 bridgehead atoms. The molecule has 4 aliphatic rings. The van der Waals surface area contributed by atoms with Crippen molar-refractivity contribution in [3.8, 4) is 0 Å². The van der Waals surface area contributed by atoms with Crippen molar-refractivity contribution >= 4 is 76.4 Å². The zero-order chi connectivity index (χ0) is 78.0. The van der Waals surface area contributed by atoms with Crippen LogP contribution in [0, 0.1) is 46.8 Å². The quantitative estimate of drug-likeness (QED) is 0.0130. The van der Waals surface area contributed by atoms with E-state index < -0.39 is 53.6 Å². The number of esters is 6. The SMILES string of the molecule is CC(=O)/C=C/C1=C(C)CCCC1(C)C.CC1=C(/C=C/C(C)=C/C=C/C=C/C(=O)O)C(C)(C)CCC1.COC(=O)C(/C=C/C=C/C(=O)/C=C/C1=C(C)CCCC1(C)C)C(=O)OC.COC(=O)C(/C=C/C=C/C(C)/C=C/C1=C(C)CCCC1(C)C)C(=O)OC.COC(=O)C(=C/C=C/N(C)C)C(=O)OC.[CH3-].[Cl-].[K+].[Mg+2].[OH-]. The Hall–Kier alpha value is -6.34. The molecule has 0 aromatic rings. The van der Waals surface area contributed by atoms with Gasteiger partial charge in [0.2, 0.25) is 0 Å². The van der Waals surface area contributed by atoms with E-state index in [2.05, 4.69) is 143 Å². The van der Waals surface area contributed by atoms with Crippen molar-refractivity contribution in [1.82, 2.24) is 4.90 Å². The molecule has 586 valence electrons. The van der Waals surface area contributed by atoms with Crippen molar-refractivity contribution in [2.24, 2.45) is 39.4 Å². The smallest absolute Gasteiger partial charge is 1.00 e. The molecule has 1 unspecified atom stereocenters. The van der Waals surface area contributed by atoms with Crippen LogP contribution in [0.3, 0.4) is 0 Å². The molecule has 2 N–H and O–H groups in total. The van der Waals surface area contributed by atoms with Gasteiger partial charge in [0, 0.05) is 20.2 Å². The Morgan fingerprint density at radius 2 is 0.776 bits per heavy atom. The van der Waals surface area contributed by atoms with Crippen LogP contribution >= 0.6 is 0 Å². The third-order valence-corrected chi connectivity index (χ3v) is 17.8. The van der Waals surface area contributed by atoms with Gasteiger partial charge in [-0.2, -0.15) is 0 Å². The number of carboxylic acid groups (broad SMARTS) is 1. The number of halogens is 1. The number of methoxy groups -OCH3 is 6. The van der Waals surface area contributed by atoms with E-state index in [4.69, 9.17) is 5.11 Å². The van der Waals surface area contributed by atoms with Crippen LogP contribution in [0.15, 0.2) is 202 Å². The van der Waals surface area contributed by atoms with E-state index in [1.165, 1.54) is 194 Å². The van der Waals surface area contributed by atoms with E-state index in [0.717, 1.165) is 24.5 Å². The molecule has 0 radical (unpaired) electrons. The fraction of sp³-hybridized carbons (Fsp3) is 0.488. The summed E-state index contributed by atoms with van der Waals surface area (Å²) in [5.74, 6) is -7.01. The molecule has 0 saturated carbocycles. The average molecular weight is 1540 g/mol. The molecule has 21 heteroatoms. The maximum Gasteiger partial charge on any atom is 2.00 e. The number of hydrogen-bond donors (Lipinski definition) is 1. The number of aliphatic carboxylic acids is 1. The van der Waals surface area contributed by atoms with Crippen LogP contribution in [0.1, 0.15) is 181 Å². The van der Waals surface area contributed by atoms with Crippen LogP contribution in [0.4, 0.5) is 0 Å². The number of allylic oxidation sites excluding steroid dienone is 29. The summed E-state index contributed by atoms with van der Waals surface area (Å²) in [5.41, 5.74) is 13.1. The Labute approximate surface area is 707 Å². The first kappa shape index (κ1) is 112. The van der Waals surface area contributed by atoms with Gasteiger partial charge in [-0.1, -0.05) is 193 Å². The molecule has 0 aromatic heterocycles. The molecule has 18 nitrogen and oxygen atoms in total. The molecule has 0 amide bonds. The Bertz CT molecular complexity index is 3390. The minimum Gasteiger partial charge on any atom is -1.00 e. The molecule has 0 saturated heterocycles. The summed E-state index contributed by atoms with van der Waals surface area (Å²) in [6, 6.07) is 0. The number of ketones is 2. The van der Waals surface area contributed by atoms with E-state index in [1.807, 2.05) is 57.5 Å². The van der Waals surface area contributed by atoms with Crippen molar-refractivity contribution < 1.29 is 146 Å². The number of carboxylic acids is 1. The summed E-state index contributed by atoms with van der Waals surface area (Å²) in [4.78, 5) is 104. The van der Waals surface area contributed by atoms with E-state index in [1.54, 1.807) is 48.4 Å². The zero-order valence-electron chi connectivity index (χ0n) is 69.1. The first-order valence-electron chi connectivity index (χ1n) is 34.8.